The van der Waals surface area contributed by atoms with Gasteiger partial charge in [0.2, 0.25) is 0 Å². The van der Waals surface area contributed by atoms with E-state index in [-0.39, 0.29) is 0 Å². The largest absolute Gasteiger partial charge is 0.370 e. The summed E-state index contributed by atoms with van der Waals surface area (Å²) in [5.74, 6) is 0.614. The number of anilines is 1. The van der Waals surface area contributed by atoms with Gasteiger partial charge in [0, 0.05) is 36.9 Å². The van der Waals surface area contributed by atoms with Crippen molar-refractivity contribution < 1.29 is 0 Å². The fourth-order valence-corrected chi connectivity index (χ4v) is 2.29. The van der Waals surface area contributed by atoms with E-state index >= 15 is 0 Å². The van der Waals surface area contributed by atoms with Crippen LogP contribution in [-0.4, -0.2) is 38.6 Å². The molecule has 108 valence electrons. The lowest BCUT2D eigenvalue weighted by Gasteiger charge is -2.30. The summed E-state index contributed by atoms with van der Waals surface area (Å²) in [4.78, 5) is 4.61. The smallest absolute Gasteiger partial charge is 0.0413 e. The molecule has 0 unspecified atom stereocenters. The van der Waals surface area contributed by atoms with Crippen molar-refractivity contribution in [1.29, 1.82) is 0 Å². The highest BCUT2D eigenvalue weighted by Crippen LogP contribution is 2.24. The average molecular weight is 284 g/mol. The van der Waals surface area contributed by atoms with Gasteiger partial charge in [-0.05, 0) is 43.8 Å². The van der Waals surface area contributed by atoms with E-state index in [4.69, 9.17) is 17.3 Å². The third-order valence-corrected chi connectivity index (χ3v) is 3.24. The molecule has 0 spiro atoms. The van der Waals surface area contributed by atoms with E-state index < -0.39 is 0 Å². The number of hydrogen-bond acceptors (Lipinski definition) is 3. The minimum Gasteiger partial charge on any atom is -0.370 e. The Balaban J connectivity index is 2.95. The van der Waals surface area contributed by atoms with Crippen molar-refractivity contribution >= 4 is 17.3 Å². The molecule has 1 aromatic carbocycles. The molecular formula is C15H26ClN3. The lowest BCUT2D eigenvalue weighted by Crippen LogP contribution is -2.35. The molecule has 0 aliphatic heterocycles. The van der Waals surface area contributed by atoms with E-state index in [0.717, 1.165) is 30.2 Å². The Kier molecular flexibility index (Phi) is 6.63. The molecule has 0 heterocycles. The Morgan fingerprint density at radius 2 is 1.89 bits per heavy atom. The first-order valence-electron chi connectivity index (χ1n) is 6.82. The van der Waals surface area contributed by atoms with Gasteiger partial charge in [-0.25, -0.2) is 0 Å². The number of likely N-dealkylation sites (N-methyl/N-ethyl adjacent to an activating group) is 1. The lowest BCUT2D eigenvalue weighted by molar-refractivity contribution is 0.409. The van der Waals surface area contributed by atoms with Crippen molar-refractivity contribution in [3.05, 3.63) is 28.8 Å². The van der Waals surface area contributed by atoms with E-state index in [1.165, 1.54) is 5.69 Å². The van der Waals surface area contributed by atoms with E-state index in [1.54, 1.807) is 0 Å². The maximum atomic E-state index is 6.05. The standard InChI is InChI=1S/C15H26ClN3/c1-12(2)11-19(8-7-18(3)4)15-6-5-14(16)9-13(15)10-17/h5-6,9,12H,7-8,10-11,17H2,1-4H3. The third-order valence-electron chi connectivity index (χ3n) is 3.00. The van der Waals surface area contributed by atoms with Crippen molar-refractivity contribution in [2.24, 2.45) is 11.7 Å². The van der Waals surface area contributed by atoms with Gasteiger partial charge in [-0.3, -0.25) is 0 Å². The highest BCUT2D eigenvalue weighted by atomic mass is 35.5. The highest BCUT2D eigenvalue weighted by molar-refractivity contribution is 6.30. The Labute approximate surface area is 122 Å². The zero-order valence-corrected chi connectivity index (χ0v) is 13.2. The van der Waals surface area contributed by atoms with E-state index in [9.17, 15) is 0 Å². The van der Waals surface area contributed by atoms with Crippen LogP contribution in [0.1, 0.15) is 19.4 Å². The highest BCUT2D eigenvalue weighted by Gasteiger charge is 2.12. The van der Waals surface area contributed by atoms with Crippen LogP contribution < -0.4 is 10.6 Å². The minimum absolute atomic E-state index is 0.520. The summed E-state index contributed by atoms with van der Waals surface area (Å²) in [5.41, 5.74) is 8.18. The van der Waals surface area contributed by atoms with Crippen LogP contribution in [0.2, 0.25) is 5.02 Å². The second-order valence-electron chi connectivity index (χ2n) is 5.62. The molecule has 1 rings (SSSR count). The normalized spacial score (nSPS) is 11.4. The van der Waals surface area contributed by atoms with Gasteiger partial charge in [0.05, 0.1) is 0 Å². The Bertz CT molecular complexity index is 391. The maximum Gasteiger partial charge on any atom is 0.0413 e. The van der Waals surface area contributed by atoms with Gasteiger partial charge in [-0.1, -0.05) is 25.4 Å². The summed E-state index contributed by atoms with van der Waals surface area (Å²) in [7, 11) is 4.19. The van der Waals surface area contributed by atoms with Crippen LogP contribution in [0.25, 0.3) is 0 Å². The Morgan fingerprint density at radius 1 is 1.21 bits per heavy atom. The summed E-state index contributed by atoms with van der Waals surface area (Å²) in [6.45, 7) is 8.05. The summed E-state index contributed by atoms with van der Waals surface area (Å²) >= 11 is 6.05. The first-order valence-corrected chi connectivity index (χ1v) is 7.20. The summed E-state index contributed by atoms with van der Waals surface area (Å²) in [5, 5.41) is 0.751. The maximum absolute atomic E-state index is 6.05. The number of nitrogens with zero attached hydrogens (tertiary/aromatic N) is 2. The van der Waals surface area contributed by atoms with Crippen LogP contribution in [0.15, 0.2) is 18.2 Å². The van der Waals surface area contributed by atoms with E-state index in [0.29, 0.717) is 12.5 Å². The molecule has 19 heavy (non-hydrogen) atoms. The molecule has 4 heteroatoms. The second-order valence-corrected chi connectivity index (χ2v) is 6.06. The molecular weight excluding hydrogens is 258 g/mol. The molecule has 3 nitrogen and oxygen atoms in total. The number of rotatable bonds is 7. The van der Waals surface area contributed by atoms with Gasteiger partial charge < -0.3 is 15.5 Å². The van der Waals surface area contributed by atoms with Gasteiger partial charge in [0.15, 0.2) is 0 Å². The predicted octanol–water partition coefficient (Wildman–Crippen LogP) is 2.82. The molecule has 0 bridgehead atoms. The number of hydrogen-bond donors (Lipinski definition) is 1. The van der Waals surface area contributed by atoms with Crippen molar-refractivity contribution in [2.45, 2.75) is 20.4 Å². The van der Waals surface area contributed by atoms with Crippen LogP contribution in [0.3, 0.4) is 0 Å². The fraction of sp³-hybridized carbons (Fsp3) is 0.600. The topological polar surface area (TPSA) is 32.5 Å². The SMILES string of the molecule is CC(C)CN(CCN(C)C)c1ccc(Cl)cc1CN. The molecule has 0 aliphatic rings. The third kappa shape index (κ3) is 5.39. The van der Waals surface area contributed by atoms with Gasteiger partial charge in [0.1, 0.15) is 0 Å². The van der Waals surface area contributed by atoms with Crippen LogP contribution in [0.4, 0.5) is 5.69 Å². The predicted molar refractivity (Wildman–Crippen MR) is 84.9 cm³/mol. The monoisotopic (exact) mass is 283 g/mol. The van der Waals surface area contributed by atoms with Gasteiger partial charge in [-0.15, -0.1) is 0 Å². The molecule has 0 amide bonds. The first kappa shape index (κ1) is 16.3. The van der Waals surface area contributed by atoms with Crippen molar-refractivity contribution in [3.8, 4) is 0 Å². The van der Waals surface area contributed by atoms with Crippen LogP contribution in [0, 0.1) is 5.92 Å². The van der Waals surface area contributed by atoms with Crippen molar-refractivity contribution in [1.82, 2.24) is 4.90 Å². The fourth-order valence-electron chi connectivity index (χ4n) is 2.10. The van der Waals surface area contributed by atoms with Gasteiger partial charge in [-0.2, -0.15) is 0 Å². The van der Waals surface area contributed by atoms with Crippen LogP contribution >= 0.6 is 11.6 Å². The van der Waals surface area contributed by atoms with Gasteiger partial charge in [0.25, 0.3) is 0 Å². The summed E-state index contributed by atoms with van der Waals surface area (Å²) < 4.78 is 0. The van der Waals surface area contributed by atoms with Crippen LogP contribution in [-0.2, 0) is 6.54 Å². The van der Waals surface area contributed by atoms with Crippen LogP contribution in [0.5, 0.6) is 0 Å². The van der Waals surface area contributed by atoms with Crippen molar-refractivity contribution in [3.63, 3.8) is 0 Å². The lowest BCUT2D eigenvalue weighted by atomic mass is 10.1. The Hall–Kier alpha value is -0.770. The number of halogens is 1. The second kappa shape index (κ2) is 7.73. The summed E-state index contributed by atoms with van der Waals surface area (Å²) in [6, 6.07) is 6.00. The molecule has 0 aliphatic carbocycles. The van der Waals surface area contributed by atoms with E-state index in [1.807, 2.05) is 12.1 Å². The molecule has 0 aromatic heterocycles. The quantitative estimate of drug-likeness (QED) is 0.835. The number of nitrogens with two attached hydrogens (primary N) is 1. The zero-order chi connectivity index (χ0) is 14.4. The average Bonchev–Trinajstić information content (AvgIpc) is 2.33. The molecule has 2 N–H and O–H groups in total. The van der Waals surface area contributed by atoms with Crippen molar-refractivity contribution in [2.75, 3.05) is 38.6 Å². The first-order chi connectivity index (χ1) is 8.93. The number of benzene rings is 1. The molecule has 0 saturated carbocycles. The minimum atomic E-state index is 0.520. The molecule has 0 fully saturated rings. The zero-order valence-electron chi connectivity index (χ0n) is 12.5. The summed E-state index contributed by atoms with van der Waals surface area (Å²) in [6.07, 6.45) is 0. The van der Waals surface area contributed by atoms with E-state index in [2.05, 4.69) is 43.8 Å². The molecule has 0 atom stereocenters. The molecule has 1 aromatic rings. The molecule has 0 saturated heterocycles. The Morgan fingerprint density at radius 3 is 2.42 bits per heavy atom. The van der Waals surface area contributed by atoms with Gasteiger partial charge >= 0.3 is 0 Å². The molecule has 0 radical (unpaired) electrons.